The van der Waals surface area contributed by atoms with Gasteiger partial charge in [0.15, 0.2) is 0 Å². The standard InChI is InChI=1S/C15H17FN2/c1-11(13-6-4-3-5-7-13)18-12(2)15-9-8-14(16)10-17-15/h3-12,18H,1-2H3/t11-,12-/m0/s1. The molecule has 0 aliphatic carbocycles. The molecule has 0 radical (unpaired) electrons. The molecule has 1 aromatic carbocycles. The van der Waals surface area contributed by atoms with E-state index >= 15 is 0 Å². The lowest BCUT2D eigenvalue weighted by molar-refractivity contribution is 0.484. The molecule has 94 valence electrons. The second-order valence-corrected chi connectivity index (χ2v) is 4.42. The third-order valence-electron chi connectivity index (χ3n) is 2.99. The Morgan fingerprint density at radius 3 is 2.33 bits per heavy atom. The Kier molecular flexibility index (Phi) is 4.05. The molecular weight excluding hydrogens is 227 g/mol. The Bertz CT molecular complexity index is 482. The molecule has 0 amide bonds. The predicted octanol–water partition coefficient (Wildman–Crippen LogP) is 3.63. The van der Waals surface area contributed by atoms with Crippen molar-refractivity contribution in [2.24, 2.45) is 0 Å². The van der Waals surface area contributed by atoms with Gasteiger partial charge in [0.1, 0.15) is 5.82 Å². The molecule has 0 unspecified atom stereocenters. The van der Waals surface area contributed by atoms with Crippen molar-refractivity contribution in [3.05, 3.63) is 65.7 Å². The quantitative estimate of drug-likeness (QED) is 0.888. The van der Waals surface area contributed by atoms with Gasteiger partial charge in [0, 0.05) is 12.1 Å². The average molecular weight is 244 g/mol. The lowest BCUT2D eigenvalue weighted by Gasteiger charge is -2.20. The van der Waals surface area contributed by atoms with Crippen LogP contribution < -0.4 is 5.32 Å². The van der Waals surface area contributed by atoms with Gasteiger partial charge in [0.2, 0.25) is 0 Å². The Balaban J connectivity index is 2.03. The molecule has 0 aliphatic heterocycles. The molecule has 0 fully saturated rings. The molecule has 2 atom stereocenters. The lowest BCUT2D eigenvalue weighted by atomic mass is 10.1. The summed E-state index contributed by atoms with van der Waals surface area (Å²) in [6.45, 7) is 4.13. The van der Waals surface area contributed by atoms with E-state index in [4.69, 9.17) is 0 Å². The highest BCUT2D eigenvalue weighted by Crippen LogP contribution is 2.17. The van der Waals surface area contributed by atoms with Gasteiger partial charge in [-0.15, -0.1) is 0 Å². The van der Waals surface area contributed by atoms with Crippen molar-refractivity contribution in [1.82, 2.24) is 10.3 Å². The third kappa shape index (κ3) is 3.14. The first-order valence-corrected chi connectivity index (χ1v) is 6.09. The number of benzene rings is 1. The molecule has 1 heterocycles. The molecule has 0 aliphatic rings. The molecule has 0 spiro atoms. The monoisotopic (exact) mass is 244 g/mol. The predicted molar refractivity (Wildman–Crippen MR) is 70.6 cm³/mol. The third-order valence-corrected chi connectivity index (χ3v) is 2.99. The highest BCUT2D eigenvalue weighted by atomic mass is 19.1. The van der Waals surface area contributed by atoms with Crippen LogP contribution >= 0.6 is 0 Å². The number of hydrogen-bond donors (Lipinski definition) is 1. The molecule has 0 saturated heterocycles. The van der Waals surface area contributed by atoms with Crippen molar-refractivity contribution in [3.63, 3.8) is 0 Å². The maximum atomic E-state index is 12.8. The van der Waals surface area contributed by atoms with E-state index in [-0.39, 0.29) is 17.9 Å². The van der Waals surface area contributed by atoms with Crippen LogP contribution in [0.5, 0.6) is 0 Å². The zero-order valence-corrected chi connectivity index (χ0v) is 10.6. The summed E-state index contributed by atoms with van der Waals surface area (Å²) in [5.74, 6) is -0.304. The van der Waals surface area contributed by atoms with Crippen LogP contribution in [0.4, 0.5) is 4.39 Å². The smallest absolute Gasteiger partial charge is 0.141 e. The fraction of sp³-hybridized carbons (Fsp3) is 0.267. The first kappa shape index (κ1) is 12.7. The van der Waals surface area contributed by atoms with Crippen LogP contribution in [0.25, 0.3) is 0 Å². The Morgan fingerprint density at radius 2 is 1.72 bits per heavy atom. The van der Waals surface area contributed by atoms with Crippen molar-refractivity contribution in [2.45, 2.75) is 25.9 Å². The van der Waals surface area contributed by atoms with E-state index in [9.17, 15) is 4.39 Å². The second-order valence-electron chi connectivity index (χ2n) is 4.42. The van der Waals surface area contributed by atoms with Gasteiger partial charge in [-0.05, 0) is 31.5 Å². The first-order valence-electron chi connectivity index (χ1n) is 6.09. The number of rotatable bonds is 4. The fourth-order valence-electron chi connectivity index (χ4n) is 1.94. The van der Waals surface area contributed by atoms with Crippen LogP contribution in [0.2, 0.25) is 0 Å². The zero-order valence-electron chi connectivity index (χ0n) is 10.6. The van der Waals surface area contributed by atoms with Crippen molar-refractivity contribution < 1.29 is 4.39 Å². The van der Waals surface area contributed by atoms with Gasteiger partial charge in [0.25, 0.3) is 0 Å². The maximum absolute atomic E-state index is 12.8. The SMILES string of the molecule is C[C@H](N[C@@H](C)c1ccc(F)cn1)c1ccccc1. The number of halogens is 1. The van der Waals surface area contributed by atoms with Gasteiger partial charge >= 0.3 is 0 Å². The van der Waals surface area contributed by atoms with E-state index in [0.717, 1.165) is 5.69 Å². The topological polar surface area (TPSA) is 24.9 Å². The molecule has 2 nitrogen and oxygen atoms in total. The van der Waals surface area contributed by atoms with Crippen LogP contribution in [0, 0.1) is 5.82 Å². The van der Waals surface area contributed by atoms with Gasteiger partial charge in [-0.25, -0.2) is 4.39 Å². The summed E-state index contributed by atoms with van der Waals surface area (Å²) < 4.78 is 12.8. The fourth-order valence-corrected chi connectivity index (χ4v) is 1.94. The minimum atomic E-state index is -0.304. The molecular formula is C15H17FN2. The van der Waals surface area contributed by atoms with Crippen molar-refractivity contribution in [2.75, 3.05) is 0 Å². The lowest BCUT2D eigenvalue weighted by Crippen LogP contribution is -2.23. The van der Waals surface area contributed by atoms with Gasteiger partial charge in [-0.1, -0.05) is 30.3 Å². The van der Waals surface area contributed by atoms with Crippen LogP contribution in [-0.4, -0.2) is 4.98 Å². The Labute approximate surface area is 107 Å². The molecule has 1 N–H and O–H groups in total. The number of nitrogens with one attached hydrogen (secondary N) is 1. The molecule has 0 bridgehead atoms. The molecule has 1 aromatic heterocycles. The Hall–Kier alpha value is -1.74. The van der Waals surface area contributed by atoms with Gasteiger partial charge < -0.3 is 5.32 Å². The van der Waals surface area contributed by atoms with E-state index in [1.807, 2.05) is 25.1 Å². The number of pyridine rings is 1. The van der Waals surface area contributed by atoms with E-state index in [1.165, 1.54) is 17.8 Å². The molecule has 3 heteroatoms. The van der Waals surface area contributed by atoms with Crippen molar-refractivity contribution in [1.29, 1.82) is 0 Å². The maximum Gasteiger partial charge on any atom is 0.141 e. The van der Waals surface area contributed by atoms with E-state index in [1.54, 1.807) is 6.07 Å². The van der Waals surface area contributed by atoms with E-state index < -0.39 is 0 Å². The number of hydrogen-bond acceptors (Lipinski definition) is 2. The Morgan fingerprint density at radius 1 is 1.00 bits per heavy atom. The summed E-state index contributed by atoms with van der Waals surface area (Å²) >= 11 is 0. The summed E-state index contributed by atoms with van der Waals surface area (Å²) in [6.07, 6.45) is 1.25. The molecule has 18 heavy (non-hydrogen) atoms. The minimum Gasteiger partial charge on any atom is -0.302 e. The van der Waals surface area contributed by atoms with E-state index in [0.29, 0.717) is 0 Å². The average Bonchev–Trinajstić information content (AvgIpc) is 2.40. The highest BCUT2D eigenvalue weighted by molar-refractivity contribution is 5.19. The minimum absolute atomic E-state index is 0.0841. The summed E-state index contributed by atoms with van der Waals surface area (Å²) in [5.41, 5.74) is 2.07. The summed E-state index contributed by atoms with van der Waals surface area (Å²) in [7, 11) is 0. The summed E-state index contributed by atoms with van der Waals surface area (Å²) in [6, 6.07) is 13.7. The number of aromatic nitrogens is 1. The molecule has 0 saturated carbocycles. The molecule has 2 rings (SSSR count). The van der Waals surface area contributed by atoms with Crippen LogP contribution in [0.3, 0.4) is 0 Å². The van der Waals surface area contributed by atoms with Gasteiger partial charge in [-0.3, -0.25) is 4.98 Å². The highest BCUT2D eigenvalue weighted by Gasteiger charge is 2.11. The van der Waals surface area contributed by atoms with Crippen molar-refractivity contribution in [3.8, 4) is 0 Å². The first-order chi connectivity index (χ1) is 8.66. The van der Waals surface area contributed by atoms with Gasteiger partial charge in [-0.2, -0.15) is 0 Å². The number of nitrogens with zero attached hydrogens (tertiary/aromatic N) is 1. The second kappa shape index (κ2) is 5.74. The van der Waals surface area contributed by atoms with Gasteiger partial charge in [0.05, 0.1) is 11.9 Å². The summed E-state index contributed by atoms with van der Waals surface area (Å²) in [4.78, 5) is 4.09. The zero-order chi connectivity index (χ0) is 13.0. The van der Waals surface area contributed by atoms with Crippen molar-refractivity contribution >= 4 is 0 Å². The normalized spacial score (nSPS) is 14.2. The van der Waals surface area contributed by atoms with Crippen LogP contribution in [-0.2, 0) is 0 Å². The molecule has 2 aromatic rings. The largest absolute Gasteiger partial charge is 0.302 e. The van der Waals surface area contributed by atoms with E-state index in [2.05, 4.69) is 29.4 Å². The van der Waals surface area contributed by atoms with Crippen LogP contribution in [0.1, 0.15) is 37.2 Å². The summed E-state index contributed by atoms with van der Waals surface area (Å²) in [5, 5.41) is 3.45. The van der Waals surface area contributed by atoms with Crippen LogP contribution in [0.15, 0.2) is 48.7 Å².